The fraction of sp³-hybridized carbons (Fsp3) is 0.357. The van der Waals surface area contributed by atoms with Gasteiger partial charge in [-0.1, -0.05) is 18.2 Å². The predicted octanol–water partition coefficient (Wildman–Crippen LogP) is 3.60. The van der Waals surface area contributed by atoms with E-state index >= 15 is 0 Å². The highest BCUT2D eigenvalue weighted by Crippen LogP contribution is 2.28. The van der Waals surface area contributed by atoms with Gasteiger partial charge in [-0.05, 0) is 29.9 Å². The molecule has 1 amide bonds. The molecule has 0 radical (unpaired) electrons. The molecule has 2 nitrogen and oxygen atoms in total. The van der Waals surface area contributed by atoms with Gasteiger partial charge in [0.2, 0.25) is 0 Å². The third-order valence-electron chi connectivity index (χ3n) is 3.43. The molecule has 18 heavy (non-hydrogen) atoms. The molecule has 1 aromatic heterocycles. The molecule has 2 heterocycles. The zero-order valence-electron chi connectivity index (χ0n) is 9.93. The van der Waals surface area contributed by atoms with Crippen LogP contribution in [0.5, 0.6) is 0 Å². The molecule has 1 aliphatic rings. The van der Waals surface area contributed by atoms with Crippen molar-refractivity contribution < 1.29 is 4.79 Å². The SMILES string of the molecule is O=C(c1cc2ccccc2s1)N1CCC(CCl)C1. The Bertz CT molecular complexity index is 547. The highest BCUT2D eigenvalue weighted by molar-refractivity contribution is 7.20. The molecule has 0 saturated carbocycles. The summed E-state index contributed by atoms with van der Waals surface area (Å²) in [4.78, 5) is 15.1. The van der Waals surface area contributed by atoms with Crippen LogP contribution in [-0.2, 0) is 0 Å². The highest BCUT2D eigenvalue weighted by Gasteiger charge is 2.27. The molecular weight excluding hydrogens is 266 g/mol. The van der Waals surface area contributed by atoms with Gasteiger partial charge in [0.1, 0.15) is 0 Å². The Morgan fingerprint density at radius 1 is 1.44 bits per heavy atom. The van der Waals surface area contributed by atoms with Gasteiger partial charge in [0.25, 0.3) is 5.91 Å². The van der Waals surface area contributed by atoms with Crippen LogP contribution in [0.25, 0.3) is 10.1 Å². The van der Waals surface area contributed by atoms with Gasteiger partial charge in [-0.15, -0.1) is 22.9 Å². The molecule has 94 valence electrons. The van der Waals surface area contributed by atoms with Crippen LogP contribution >= 0.6 is 22.9 Å². The number of nitrogens with zero attached hydrogens (tertiary/aromatic N) is 1. The fourth-order valence-corrected chi connectivity index (χ4v) is 3.67. The first kappa shape index (κ1) is 12.0. The van der Waals surface area contributed by atoms with Crippen molar-refractivity contribution in [3.8, 4) is 0 Å². The first-order chi connectivity index (χ1) is 8.78. The second-order valence-electron chi connectivity index (χ2n) is 4.71. The van der Waals surface area contributed by atoms with Crippen LogP contribution in [0.2, 0.25) is 0 Å². The van der Waals surface area contributed by atoms with Crippen molar-refractivity contribution in [1.29, 1.82) is 0 Å². The lowest BCUT2D eigenvalue weighted by atomic mass is 10.2. The van der Waals surface area contributed by atoms with Gasteiger partial charge in [0.05, 0.1) is 4.88 Å². The summed E-state index contributed by atoms with van der Waals surface area (Å²) in [7, 11) is 0. The van der Waals surface area contributed by atoms with E-state index in [9.17, 15) is 4.79 Å². The molecule has 1 aromatic carbocycles. The van der Waals surface area contributed by atoms with Crippen molar-refractivity contribution in [2.24, 2.45) is 5.92 Å². The molecule has 1 atom stereocenters. The lowest BCUT2D eigenvalue weighted by Gasteiger charge is -2.14. The number of amides is 1. The molecule has 4 heteroatoms. The van der Waals surface area contributed by atoms with E-state index in [0.717, 1.165) is 29.8 Å². The normalized spacial score (nSPS) is 19.6. The largest absolute Gasteiger partial charge is 0.338 e. The van der Waals surface area contributed by atoms with Crippen molar-refractivity contribution in [2.75, 3.05) is 19.0 Å². The predicted molar refractivity (Wildman–Crippen MR) is 76.6 cm³/mol. The van der Waals surface area contributed by atoms with Crippen LogP contribution < -0.4 is 0 Å². The second-order valence-corrected chi connectivity index (χ2v) is 6.10. The summed E-state index contributed by atoms with van der Waals surface area (Å²) >= 11 is 7.43. The first-order valence-electron chi connectivity index (χ1n) is 6.12. The quantitative estimate of drug-likeness (QED) is 0.769. The number of carbonyl (C=O) groups is 1. The standard InChI is InChI=1S/C14H14ClNOS/c15-8-10-5-6-16(9-10)14(17)13-7-11-3-1-2-4-12(11)18-13/h1-4,7,10H,5-6,8-9H2. The number of hydrogen-bond donors (Lipinski definition) is 0. The molecule has 2 aromatic rings. The van der Waals surface area contributed by atoms with Crippen LogP contribution in [0.1, 0.15) is 16.1 Å². The number of alkyl halides is 1. The third kappa shape index (κ3) is 2.13. The molecule has 1 saturated heterocycles. The van der Waals surface area contributed by atoms with Crippen molar-refractivity contribution in [2.45, 2.75) is 6.42 Å². The van der Waals surface area contributed by atoms with Crippen LogP contribution in [-0.4, -0.2) is 29.8 Å². The average Bonchev–Trinajstić information content (AvgIpc) is 3.04. The number of halogens is 1. The van der Waals surface area contributed by atoms with Gasteiger partial charge in [0.15, 0.2) is 0 Å². The molecule has 1 fully saturated rings. The van der Waals surface area contributed by atoms with Gasteiger partial charge in [-0.3, -0.25) is 4.79 Å². The average molecular weight is 280 g/mol. The molecule has 0 aliphatic carbocycles. The number of fused-ring (bicyclic) bond motifs is 1. The maximum atomic E-state index is 12.4. The Labute approximate surface area is 115 Å². The van der Waals surface area contributed by atoms with Crippen LogP contribution in [0.15, 0.2) is 30.3 Å². The molecule has 3 rings (SSSR count). The van der Waals surface area contributed by atoms with E-state index in [-0.39, 0.29) is 5.91 Å². The van der Waals surface area contributed by atoms with Gasteiger partial charge < -0.3 is 4.90 Å². The molecule has 0 N–H and O–H groups in total. The molecule has 0 bridgehead atoms. The van der Waals surface area contributed by atoms with E-state index in [1.54, 1.807) is 11.3 Å². The maximum absolute atomic E-state index is 12.4. The van der Waals surface area contributed by atoms with E-state index in [1.165, 1.54) is 4.70 Å². The lowest BCUT2D eigenvalue weighted by Crippen LogP contribution is -2.28. The second kappa shape index (κ2) is 4.90. The topological polar surface area (TPSA) is 20.3 Å². The molecule has 1 aliphatic heterocycles. The monoisotopic (exact) mass is 279 g/mol. The minimum Gasteiger partial charge on any atom is -0.338 e. The van der Waals surface area contributed by atoms with E-state index in [4.69, 9.17) is 11.6 Å². The van der Waals surface area contributed by atoms with Crippen LogP contribution in [0, 0.1) is 5.92 Å². The third-order valence-corrected chi connectivity index (χ3v) is 4.97. The maximum Gasteiger partial charge on any atom is 0.263 e. The van der Waals surface area contributed by atoms with E-state index < -0.39 is 0 Å². The van der Waals surface area contributed by atoms with E-state index in [0.29, 0.717) is 11.8 Å². The number of likely N-dealkylation sites (tertiary alicyclic amines) is 1. The minimum atomic E-state index is 0.156. The zero-order chi connectivity index (χ0) is 12.5. The molecule has 0 spiro atoms. The summed E-state index contributed by atoms with van der Waals surface area (Å²) in [5.41, 5.74) is 0. The minimum absolute atomic E-state index is 0.156. The summed E-state index contributed by atoms with van der Waals surface area (Å²) in [5.74, 6) is 1.27. The van der Waals surface area contributed by atoms with E-state index in [2.05, 4.69) is 6.07 Å². The van der Waals surface area contributed by atoms with Gasteiger partial charge >= 0.3 is 0 Å². The smallest absolute Gasteiger partial charge is 0.263 e. The first-order valence-corrected chi connectivity index (χ1v) is 7.47. The Balaban J connectivity index is 1.84. The summed E-state index contributed by atoms with van der Waals surface area (Å²) in [6, 6.07) is 10.1. The fourth-order valence-electron chi connectivity index (χ4n) is 2.39. The van der Waals surface area contributed by atoms with Crippen LogP contribution in [0.4, 0.5) is 0 Å². The summed E-state index contributed by atoms with van der Waals surface area (Å²) in [6.07, 6.45) is 1.03. The summed E-state index contributed by atoms with van der Waals surface area (Å²) in [5, 5.41) is 1.15. The Morgan fingerprint density at radius 3 is 3.00 bits per heavy atom. The van der Waals surface area contributed by atoms with Crippen molar-refractivity contribution in [3.63, 3.8) is 0 Å². The van der Waals surface area contributed by atoms with Crippen LogP contribution in [0.3, 0.4) is 0 Å². The lowest BCUT2D eigenvalue weighted by molar-refractivity contribution is 0.0793. The van der Waals surface area contributed by atoms with Gasteiger partial charge in [-0.25, -0.2) is 0 Å². The Kier molecular flexibility index (Phi) is 3.27. The summed E-state index contributed by atoms with van der Waals surface area (Å²) < 4.78 is 1.17. The van der Waals surface area contributed by atoms with Crippen molar-refractivity contribution >= 4 is 38.9 Å². The molecule has 1 unspecified atom stereocenters. The van der Waals surface area contributed by atoms with Gasteiger partial charge in [-0.2, -0.15) is 0 Å². The zero-order valence-corrected chi connectivity index (χ0v) is 11.5. The number of benzene rings is 1. The van der Waals surface area contributed by atoms with E-state index in [1.807, 2.05) is 29.2 Å². The number of rotatable bonds is 2. The van der Waals surface area contributed by atoms with Gasteiger partial charge in [0, 0.05) is 23.7 Å². The Hall–Kier alpha value is -1.06. The number of thiophene rings is 1. The number of carbonyl (C=O) groups excluding carboxylic acids is 1. The van der Waals surface area contributed by atoms with Crippen molar-refractivity contribution in [1.82, 2.24) is 4.90 Å². The Morgan fingerprint density at radius 2 is 2.28 bits per heavy atom. The summed E-state index contributed by atoms with van der Waals surface area (Å²) in [6.45, 7) is 1.64. The number of hydrogen-bond acceptors (Lipinski definition) is 2. The highest BCUT2D eigenvalue weighted by atomic mass is 35.5. The molecular formula is C14H14ClNOS. The van der Waals surface area contributed by atoms with Crippen molar-refractivity contribution in [3.05, 3.63) is 35.2 Å².